The number of sulfonamides is 1. The molecule has 1 amide bonds. The fourth-order valence-electron chi connectivity index (χ4n) is 3.68. The van der Waals surface area contributed by atoms with Gasteiger partial charge in [-0.25, -0.2) is 13.2 Å². The largest absolute Gasteiger partial charge is 0.452 e. The van der Waals surface area contributed by atoms with Crippen molar-refractivity contribution in [3.63, 3.8) is 0 Å². The van der Waals surface area contributed by atoms with E-state index in [0.29, 0.717) is 26.3 Å². The van der Waals surface area contributed by atoms with Gasteiger partial charge in [0.1, 0.15) is 0 Å². The van der Waals surface area contributed by atoms with Crippen LogP contribution in [0.5, 0.6) is 0 Å². The van der Waals surface area contributed by atoms with Gasteiger partial charge < -0.3 is 14.4 Å². The van der Waals surface area contributed by atoms with Crippen LogP contribution >= 0.6 is 0 Å². The number of carbonyl (C=O) groups is 2. The summed E-state index contributed by atoms with van der Waals surface area (Å²) < 4.78 is 36.9. The minimum absolute atomic E-state index is 0.115. The molecule has 1 saturated carbocycles. The van der Waals surface area contributed by atoms with Gasteiger partial charge in [-0.15, -0.1) is 0 Å². The molecule has 1 aliphatic heterocycles. The number of amides is 1. The van der Waals surface area contributed by atoms with Crippen LogP contribution in [0.4, 0.5) is 0 Å². The zero-order valence-electron chi connectivity index (χ0n) is 16.7. The van der Waals surface area contributed by atoms with E-state index in [9.17, 15) is 18.0 Å². The van der Waals surface area contributed by atoms with Crippen LogP contribution in [0.25, 0.3) is 0 Å². The molecule has 0 radical (unpaired) electrons. The topological polar surface area (TPSA) is 93.2 Å². The molecule has 1 aromatic rings. The number of carbonyl (C=O) groups excluding carboxylic acids is 2. The minimum Gasteiger partial charge on any atom is -0.452 e. The standard InChI is InChI=1S/C20H28N2O6S/c1-21(17-5-3-2-4-6-17)19(23)15-28-20(24)16-7-9-18(10-8-16)29(25,26)22-11-13-27-14-12-22/h7-10,17H,2-6,11-15H2,1H3. The molecule has 1 aromatic carbocycles. The van der Waals surface area contributed by atoms with Crippen LogP contribution in [-0.4, -0.2) is 75.5 Å². The molecule has 0 atom stereocenters. The number of esters is 1. The van der Waals surface area contributed by atoms with Gasteiger partial charge in [0.15, 0.2) is 6.61 Å². The average molecular weight is 425 g/mol. The number of benzene rings is 1. The van der Waals surface area contributed by atoms with Crippen LogP contribution in [0.2, 0.25) is 0 Å². The highest BCUT2D eigenvalue weighted by Crippen LogP contribution is 2.22. The van der Waals surface area contributed by atoms with Crippen molar-refractivity contribution in [1.82, 2.24) is 9.21 Å². The Hall–Kier alpha value is -1.97. The Morgan fingerprint density at radius 2 is 1.72 bits per heavy atom. The first-order valence-electron chi connectivity index (χ1n) is 10.0. The third-order valence-corrected chi connectivity index (χ3v) is 7.45. The lowest BCUT2D eigenvalue weighted by atomic mass is 9.94. The Balaban J connectivity index is 1.55. The number of hydrogen-bond donors (Lipinski definition) is 0. The second-order valence-corrected chi connectivity index (χ2v) is 9.35. The lowest BCUT2D eigenvalue weighted by Crippen LogP contribution is -2.40. The molecular weight excluding hydrogens is 396 g/mol. The van der Waals surface area contributed by atoms with Gasteiger partial charge >= 0.3 is 5.97 Å². The Labute approximate surface area is 171 Å². The van der Waals surface area contributed by atoms with Crippen LogP contribution in [0, 0.1) is 0 Å². The Kier molecular flexibility index (Phi) is 7.26. The van der Waals surface area contributed by atoms with Crippen LogP contribution in [0.1, 0.15) is 42.5 Å². The van der Waals surface area contributed by atoms with E-state index in [1.165, 1.54) is 35.0 Å². The van der Waals surface area contributed by atoms with Crippen molar-refractivity contribution in [3.05, 3.63) is 29.8 Å². The Morgan fingerprint density at radius 1 is 1.10 bits per heavy atom. The van der Waals surface area contributed by atoms with Crippen LogP contribution in [0.3, 0.4) is 0 Å². The van der Waals surface area contributed by atoms with Crippen LogP contribution in [0.15, 0.2) is 29.2 Å². The fourth-order valence-corrected chi connectivity index (χ4v) is 5.09. The summed E-state index contributed by atoms with van der Waals surface area (Å²) in [5.74, 6) is -0.873. The predicted octanol–water partition coefficient (Wildman–Crippen LogP) is 1.66. The van der Waals surface area contributed by atoms with E-state index in [-0.39, 0.29) is 29.0 Å². The highest BCUT2D eigenvalue weighted by molar-refractivity contribution is 7.89. The van der Waals surface area contributed by atoms with Crippen molar-refractivity contribution >= 4 is 21.9 Å². The predicted molar refractivity (Wildman–Crippen MR) is 106 cm³/mol. The van der Waals surface area contributed by atoms with Crippen molar-refractivity contribution in [2.45, 2.75) is 43.0 Å². The Morgan fingerprint density at radius 3 is 2.34 bits per heavy atom. The van der Waals surface area contributed by atoms with Crippen LogP contribution in [-0.2, 0) is 24.3 Å². The highest BCUT2D eigenvalue weighted by Gasteiger charge is 2.27. The maximum atomic E-state index is 12.6. The molecule has 1 saturated heterocycles. The summed E-state index contributed by atoms with van der Waals surface area (Å²) >= 11 is 0. The molecule has 0 spiro atoms. The summed E-state index contributed by atoms with van der Waals surface area (Å²) in [4.78, 5) is 26.3. The van der Waals surface area contributed by atoms with E-state index < -0.39 is 16.0 Å². The molecule has 0 bridgehead atoms. The summed E-state index contributed by atoms with van der Waals surface area (Å²) in [6, 6.07) is 5.80. The van der Waals surface area contributed by atoms with E-state index in [1.54, 1.807) is 11.9 Å². The molecule has 0 aromatic heterocycles. The minimum atomic E-state index is -3.61. The zero-order valence-corrected chi connectivity index (χ0v) is 17.5. The molecule has 1 aliphatic carbocycles. The molecule has 0 unspecified atom stereocenters. The maximum absolute atomic E-state index is 12.6. The summed E-state index contributed by atoms with van der Waals surface area (Å²) in [7, 11) is -1.87. The van der Waals surface area contributed by atoms with Crippen molar-refractivity contribution in [2.24, 2.45) is 0 Å². The van der Waals surface area contributed by atoms with Gasteiger partial charge in [0.05, 0.1) is 23.7 Å². The second-order valence-electron chi connectivity index (χ2n) is 7.41. The fraction of sp³-hybridized carbons (Fsp3) is 0.600. The zero-order chi connectivity index (χ0) is 20.9. The molecular formula is C20H28N2O6S. The third kappa shape index (κ3) is 5.34. The smallest absolute Gasteiger partial charge is 0.338 e. The summed E-state index contributed by atoms with van der Waals surface area (Å²) in [6.45, 7) is 1.03. The molecule has 9 heteroatoms. The van der Waals surface area contributed by atoms with E-state index in [0.717, 1.165) is 25.7 Å². The molecule has 8 nitrogen and oxygen atoms in total. The van der Waals surface area contributed by atoms with E-state index >= 15 is 0 Å². The van der Waals surface area contributed by atoms with Crippen molar-refractivity contribution in [2.75, 3.05) is 40.0 Å². The maximum Gasteiger partial charge on any atom is 0.338 e. The monoisotopic (exact) mass is 424 g/mol. The van der Waals surface area contributed by atoms with E-state index in [4.69, 9.17) is 9.47 Å². The molecule has 3 rings (SSSR count). The van der Waals surface area contributed by atoms with Gasteiger partial charge in [-0.2, -0.15) is 4.31 Å². The van der Waals surface area contributed by atoms with Crippen LogP contribution < -0.4 is 0 Å². The molecule has 29 heavy (non-hydrogen) atoms. The van der Waals surface area contributed by atoms with Gasteiger partial charge in [-0.05, 0) is 37.1 Å². The lowest BCUT2D eigenvalue weighted by molar-refractivity contribution is -0.135. The molecule has 2 fully saturated rings. The van der Waals surface area contributed by atoms with E-state index in [2.05, 4.69) is 0 Å². The molecule has 0 N–H and O–H groups in total. The summed E-state index contributed by atoms with van der Waals surface area (Å²) in [6.07, 6.45) is 5.39. The van der Waals surface area contributed by atoms with E-state index in [1.807, 2.05) is 0 Å². The number of likely N-dealkylation sites (N-methyl/N-ethyl adjacent to an activating group) is 1. The summed E-state index contributed by atoms with van der Waals surface area (Å²) in [5, 5.41) is 0. The molecule has 2 aliphatic rings. The van der Waals surface area contributed by atoms with Gasteiger partial charge in [-0.1, -0.05) is 19.3 Å². The van der Waals surface area contributed by atoms with Gasteiger partial charge in [-0.3, -0.25) is 4.79 Å². The SMILES string of the molecule is CN(C(=O)COC(=O)c1ccc(S(=O)(=O)N2CCOCC2)cc1)C1CCCCC1. The van der Waals surface area contributed by atoms with Gasteiger partial charge in [0.2, 0.25) is 10.0 Å². The average Bonchev–Trinajstić information content (AvgIpc) is 2.78. The second kappa shape index (κ2) is 9.69. The lowest BCUT2D eigenvalue weighted by Gasteiger charge is -2.31. The first-order valence-corrected chi connectivity index (χ1v) is 11.4. The van der Waals surface area contributed by atoms with Crippen molar-refractivity contribution < 1.29 is 27.5 Å². The molecule has 160 valence electrons. The quantitative estimate of drug-likeness (QED) is 0.645. The van der Waals surface area contributed by atoms with Crippen molar-refractivity contribution in [3.8, 4) is 0 Å². The van der Waals surface area contributed by atoms with Gasteiger partial charge in [0, 0.05) is 26.2 Å². The number of morpholine rings is 1. The first-order chi connectivity index (χ1) is 13.9. The first kappa shape index (κ1) is 21.7. The van der Waals surface area contributed by atoms with Crippen molar-refractivity contribution in [1.29, 1.82) is 0 Å². The Bertz CT molecular complexity index is 812. The third-order valence-electron chi connectivity index (χ3n) is 5.54. The number of nitrogens with zero attached hydrogens (tertiary/aromatic N) is 2. The normalized spacial score (nSPS) is 18.9. The van der Waals surface area contributed by atoms with Gasteiger partial charge in [0.25, 0.3) is 5.91 Å². The number of hydrogen-bond acceptors (Lipinski definition) is 6. The summed E-state index contributed by atoms with van der Waals surface area (Å²) in [5.41, 5.74) is 0.207. The highest BCUT2D eigenvalue weighted by atomic mass is 32.2. The number of ether oxygens (including phenoxy) is 2. The molecule has 1 heterocycles. The number of rotatable bonds is 6.